The van der Waals surface area contributed by atoms with Gasteiger partial charge < -0.3 is 11.1 Å². The van der Waals surface area contributed by atoms with E-state index in [1.165, 1.54) is 0 Å². The third-order valence-corrected chi connectivity index (χ3v) is 2.30. The van der Waals surface area contributed by atoms with Gasteiger partial charge in [-0.25, -0.2) is 0 Å². The van der Waals surface area contributed by atoms with E-state index in [9.17, 15) is 13.2 Å². The van der Waals surface area contributed by atoms with Crippen molar-refractivity contribution in [2.75, 3.05) is 11.9 Å². The molecule has 1 atom stereocenters. The molecule has 0 aliphatic rings. The smallest absolute Gasteiger partial charge is 0.358 e. The van der Waals surface area contributed by atoms with E-state index in [0.29, 0.717) is 24.5 Å². The minimum absolute atomic E-state index is 0.0102. The number of halogens is 3. The first kappa shape index (κ1) is 12.2. The molecule has 0 aromatic carbocycles. The van der Waals surface area contributed by atoms with E-state index in [0.717, 1.165) is 0 Å². The van der Waals surface area contributed by atoms with Crippen LogP contribution in [0, 0.1) is 0 Å². The van der Waals surface area contributed by atoms with Crippen LogP contribution in [-0.2, 0) is 6.18 Å². The van der Waals surface area contributed by atoms with Crippen molar-refractivity contribution < 1.29 is 13.2 Å². The summed E-state index contributed by atoms with van der Waals surface area (Å²) in [5.74, 6) is -1.10. The lowest BCUT2D eigenvalue weighted by molar-refractivity contribution is -0.144. The molecule has 1 aromatic rings. The number of alkyl halides is 3. The zero-order chi connectivity index (χ0) is 11.5. The summed E-state index contributed by atoms with van der Waals surface area (Å²) in [7, 11) is 0. The summed E-state index contributed by atoms with van der Waals surface area (Å²) in [5, 5.41) is 2.97. The fourth-order valence-corrected chi connectivity index (χ4v) is 1.63. The Kier molecular flexibility index (Phi) is 3.86. The van der Waals surface area contributed by atoms with Crippen molar-refractivity contribution in [2.24, 2.45) is 5.73 Å². The number of anilines is 1. The zero-order valence-corrected chi connectivity index (χ0v) is 8.82. The molecule has 0 amide bonds. The highest BCUT2D eigenvalue weighted by atomic mass is 32.1. The van der Waals surface area contributed by atoms with E-state index in [1.807, 2.05) is 6.92 Å². The van der Waals surface area contributed by atoms with Gasteiger partial charge >= 0.3 is 6.18 Å². The lowest BCUT2D eigenvalue weighted by atomic mass is 10.2. The number of nitrogens with zero attached hydrogens (tertiary/aromatic N) is 2. The largest absolute Gasteiger partial charge is 0.452 e. The van der Waals surface area contributed by atoms with Crippen LogP contribution in [0.2, 0.25) is 0 Å². The maximum Gasteiger partial charge on any atom is 0.452 e. The molecule has 1 unspecified atom stereocenters. The number of rotatable bonds is 4. The number of nitrogens with two attached hydrogens (primary N) is 1. The number of aromatic nitrogens is 2. The van der Waals surface area contributed by atoms with E-state index < -0.39 is 12.0 Å². The van der Waals surface area contributed by atoms with Crippen molar-refractivity contribution in [3.63, 3.8) is 0 Å². The summed E-state index contributed by atoms with van der Waals surface area (Å²) in [4.78, 5) is 3.33. The molecule has 1 rings (SSSR count). The fraction of sp³-hybridized carbons (Fsp3) is 0.714. The molecular weight excluding hydrogens is 229 g/mol. The quantitative estimate of drug-likeness (QED) is 0.840. The van der Waals surface area contributed by atoms with Crippen LogP contribution in [0.3, 0.4) is 0 Å². The van der Waals surface area contributed by atoms with E-state index in [1.54, 1.807) is 0 Å². The Morgan fingerprint density at radius 3 is 2.67 bits per heavy atom. The van der Waals surface area contributed by atoms with E-state index >= 15 is 0 Å². The van der Waals surface area contributed by atoms with Crippen molar-refractivity contribution in [2.45, 2.75) is 25.6 Å². The van der Waals surface area contributed by atoms with Crippen molar-refractivity contribution >= 4 is 16.7 Å². The highest BCUT2D eigenvalue weighted by molar-refractivity contribution is 7.09. The second kappa shape index (κ2) is 4.75. The topological polar surface area (TPSA) is 63.8 Å². The van der Waals surface area contributed by atoms with Gasteiger partial charge in [-0.15, -0.1) is 0 Å². The molecule has 86 valence electrons. The molecule has 3 N–H and O–H groups in total. The first-order valence-electron chi connectivity index (χ1n) is 4.31. The van der Waals surface area contributed by atoms with Crippen molar-refractivity contribution in [3.8, 4) is 0 Å². The predicted octanol–water partition coefficient (Wildman–Crippen LogP) is 1.71. The van der Waals surface area contributed by atoms with Crippen molar-refractivity contribution in [3.05, 3.63) is 5.82 Å². The summed E-state index contributed by atoms with van der Waals surface area (Å²) in [6.45, 7) is 2.29. The molecular formula is C7H11F3N4S. The highest BCUT2D eigenvalue weighted by Crippen LogP contribution is 2.29. The molecule has 0 fully saturated rings. The standard InChI is InChI=1S/C7H11F3N4S/c1-4(2-3-11)12-6-13-5(14-15-6)7(8,9)10/h4H,2-3,11H2,1H3,(H,12,13,14). The molecule has 0 radical (unpaired) electrons. The zero-order valence-electron chi connectivity index (χ0n) is 8.01. The van der Waals surface area contributed by atoms with Crippen LogP contribution < -0.4 is 11.1 Å². The average molecular weight is 240 g/mol. The van der Waals surface area contributed by atoms with Crippen LogP contribution in [0.25, 0.3) is 0 Å². The second-order valence-corrected chi connectivity index (χ2v) is 3.80. The van der Waals surface area contributed by atoms with Gasteiger partial charge in [0.15, 0.2) is 0 Å². The Labute approximate surface area is 88.9 Å². The first-order valence-corrected chi connectivity index (χ1v) is 5.08. The third-order valence-electron chi connectivity index (χ3n) is 1.65. The molecule has 0 aliphatic heterocycles. The van der Waals surface area contributed by atoms with E-state index in [2.05, 4.69) is 14.7 Å². The van der Waals surface area contributed by atoms with Crippen LogP contribution in [0.15, 0.2) is 0 Å². The molecule has 15 heavy (non-hydrogen) atoms. The van der Waals surface area contributed by atoms with Crippen LogP contribution in [0.1, 0.15) is 19.2 Å². The number of hydrogen-bond acceptors (Lipinski definition) is 5. The van der Waals surface area contributed by atoms with Gasteiger partial charge in [-0.1, -0.05) is 0 Å². The molecule has 0 aliphatic carbocycles. The first-order chi connectivity index (χ1) is 6.93. The summed E-state index contributed by atoms with van der Waals surface area (Å²) < 4.78 is 39.6. The Balaban J connectivity index is 2.61. The molecule has 0 spiro atoms. The van der Waals surface area contributed by atoms with Gasteiger partial charge in [0.05, 0.1) is 0 Å². The SMILES string of the molecule is CC(CCN)Nc1nc(C(F)(F)F)ns1. The molecule has 0 bridgehead atoms. The van der Waals surface area contributed by atoms with Crippen LogP contribution in [-0.4, -0.2) is 21.9 Å². The summed E-state index contributed by atoms with van der Waals surface area (Å²) in [5.41, 5.74) is 5.30. The van der Waals surface area contributed by atoms with Gasteiger partial charge in [-0.05, 0) is 19.9 Å². The number of nitrogens with one attached hydrogen (secondary N) is 1. The maximum atomic E-state index is 12.1. The molecule has 1 heterocycles. The lowest BCUT2D eigenvalue weighted by Gasteiger charge is -2.09. The van der Waals surface area contributed by atoms with Gasteiger partial charge in [0.25, 0.3) is 0 Å². The monoisotopic (exact) mass is 240 g/mol. The van der Waals surface area contributed by atoms with E-state index in [-0.39, 0.29) is 11.2 Å². The van der Waals surface area contributed by atoms with Gasteiger partial charge in [0.1, 0.15) is 0 Å². The van der Waals surface area contributed by atoms with Gasteiger partial charge in [0, 0.05) is 17.6 Å². The fourth-order valence-electron chi connectivity index (χ4n) is 0.930. The average Bonchev–Trinajstić information content (AvgIpc) is 2.52. The van der Waals surface area contributed by atoms with Crippen molar-refractivity contribution in [1.82, 2.24) is 9.36 Å². The Bertz CT molecular complexity index is 311. The van der Waals surface area contributed by atoms with Gasteiger partial charge in [-0.2, -0.15) is 22.5 Å². The minimum Gasteiger partial charge on any atom is -0.358 e. The van der Waals surface area contributed by atoms with Crippen LogP contribution >= 0.6 is 11.5 Å². The summed E-state index contributed by atoms with van der Waals surface area (Å²) in [6, 6.07) is -0.0102. The Hall–Kier alpha value is -0.890. The molecule has 8 heteroatoms. The molecule has 1 aromatic heterocycles. The van der Waals surface area contributed by atoms with Gasteiger partial charge in [-0.3, -0.25) is 0 Å². The van der Waals surface area contributed by atoms with Gasteiger partial charge in [0.2, 0.25) is 11.0 Å². The third kappa shape index (κ3) is 3.63. The van der Waals surface area contributed by atoms with E-state index in [4.69, 9.17) is 5.73 Å². The lowest BCUT2D eigenvalue weighted by Crippen LogP contribution is -2.19. The highest BCUT2D eigenvalue weighted by Gasteiger charge is 2.36. The summed E-state index contributed by atoms with van der Waals surface area (Å²) >= 11 is 0.698. The van der Waals surface area contributed by atoms with Crippen molar-refractivity contribution in [1.29, 1.82) is 0 Å². The Morgan fingerprint density at radius 1 is 1.53 bits per heavy atom. The molecule has 0 saturated heterocycles. The summed E-state index contributed by atoms with van der Waals surface area (Å²) in [6.07, 6.45) is -3.81. The minimum atomic E-state index is -4.48. The second-order valence-electron chi connectivity index (χ2n) is 3.04. The normalized spacial score (nSPS) is 13.9. The predicted molar refractivity (Wildman–Crippen MR) is 51.7 cm³/mol. The molecule has 4 nitrogen and oxygen atoms in total. The maximum absolute atomic E-state index is 12.1. The molecule has 0 saturated carbocycles. The van der Waals surface area contributed by atoms with Crippen LogP contribution in [0.4, 0.5) is 18.3 Å². The number of hydrogen-bond donors (Lipinski definition) is 2. The van der Waals surface area contributed by atoms with Crippen LogP contribution in [0.5, 0.6) is 0 Å². The Morgan fingerprint density at radius 2 is 2.20 bits per heavy atom.